The molecule has 0 saturated heterocycles. The molecule has 0 radical (unpaired) electrons. The van der Waals surface area contributed by atoms with Gasteiger partial charge in [-0.15, -0.1) is 11.3 Å². The van der Waals surface area contributed by atoms with Crippen molar-refractivity contribution in [1.29, 1.82) is 0 Å². The third-order valence-electron chi connectivity index (χ3n) is 9.29. The number of carboxylic acids is 1. The summed E-state index contributed by atoms with van der Waals surface area (Å²) in [4.78, 5) is 19.0. The smallest absolute Gasteiger partial charge is 0.333 e. The Balaban J connectivity index is 1.27. The van der Waals surface area contributed by atoms with Crippen molar-refractivity contribution in [3.05, 3.63) is 178 Å². The SMILES string of the molecule is [C-]#[N+]/C(=C\c1ccc(-c2cc(-c3ccc(CCCCCCCC)cc3)c(/C=C/c3ccc(N(c4ccccc4)c4ccccc4)cc3)s2)cc1)C(=O)O. The van der Waals surface area contributed by atoms with E-state index in [2.05, 4.69) is 132 Å². The fourth-order valence-electron chi connectivity index (χ4n) is 6.41. The highest BCUT2D eigenvalue weighted by Gasteiger charge is 2.14. The van der Waals surface area contributed by atoms with Crippen molar-refractivity contribution < 1.29 is 9.90 Å². The summed E-state index contributed by atoms with van der Waals surface area (Å²) in [6.07, 6.45) is 14.7. The largest absolute Gasteiger partial charge is 0.486 e. The van der Waals surface area contributed by atoms with Crippen LogP contribution in [0.15, 0.2) is 145 Å². The number of unbranched alkanes of at least 4 members (excludes halogenated alkanes) is 5. The van der Waals surface area contributed by atoms with E-state index in [0.717, 1.165) is 44.4 Å². The monoisotopic (exact) mass is 712 g/mol. The number of aryl methyl sites for hydroxylation is 1. The maximum atomic E-state index is 11.4. The maximum Gasteiger partial charge on any atom is 0.333 e. The van der Waals surface area contributed by atoms with E-state index < -0.39 is 5.97 Å². The summed E-state index contributed by atoms with van der Waals surface area (Å²) < 4.78 is 0. The quantitative estimate of drug-likeness (QED) is 0.0617. The molecule has 0 aliphatic heterocycles. The van der Waals surface area contributed by atoms with E-state index in [1.807, 2.05) is 36.4 Å². The van der Waals surface area contributed by atoms with E-state index in [1.54, 1.807) is 11.3 Å². The summed E-state index contributed by atoms with van der Waals surface area (Å²) in [7, 11) is 0. The van der Waals surface area contributed by atoms with Crippen molar-refractivity contribution in [3.8, 4) is 21.6 Å². The Labute approximate surface area is 317 Å². The van der Waals surface area contributed by atoms with Crippen LogP contribution in [0.4, 0.5) is 17.1 Å². The van der Waals surface area contributed by atoms with Gasteiger partial charge in [-0.3, -0.25) is 4.79 Å². The molecule has 0 aliphatic rings. The normalized spacial score (nSPS) is 11.4. The van der Waals surface area contributed by atoms with Crippen molar-refractivity contribution in [2.45, 2.75) is 51.9 Å². The van der Waals surface area contributed by atoms with Crippen LogP contribution in [0.5, 0.6) is 0 Å². The zero-order valence-corrected chi connectivity index (χ0v) is 30.9. The third-order valence-corrected chi connectivity index (χ3v) is 10.4. The van der Waals surface area contributed by atoms with E-state index in [4.69, 9.17) is 6.57 Å². The van der Waals surface area contributed by atoms with Crippen LogP contribution < -0.4 is 4.90 Å². The van der Waals surface area contributed by atoms with E-state index in [1.165, 1.54) is 61.3 Å². The van der Waals surface area contributed by atoms with Crippen LogP contribution in [0.1, 0.15) is 67.0 Å². The average Bonchev–Trinajstić information content (AvgIpc) is 3.63. The number of anilines is 3. The second kappa shape index (κ2) is 18.5. The highest BCUT2D eigenvalue weighted by Crippen LogP contribution is 2.39. The Bertz CT molecular complexity index is 2140. The first kappa shape index (κ1) is 36.8. The number of carbonyl (C=O) groups is 1. The van der Waals surface area contributed by atoms with Crippen molar-refractivity contribution in [2.75, 3.05) is 4.90 Å². The molecule has 6 rings (SSSR count). The highest BCUT2D eigenvalue weighted by molar-refractivity contribution is 7.17. The molecule has 1 heterocycles. The molecule has 0 amide bonds. The molecule has 1 aromatic heterocycles. The molecule has 4 nitrogen and oxygen atoms in total. The minimum atomic E-state index is -1.22. The Morgan fingerprint density at radius 3 is 1.85 bits per heavy atom. The van der Waals surface area contributed by atoms with Crippen LogP contribution >= 0.6 is 11.3 Å². The van der Waals surface area contributed by atoms with Gasteiger partial charge in [0, 0.05) is 32.4 Å². The molecule has 5 heteroatoms. The topological polar surface area (TPSA) is 44.9 Å². The van der Waals surface area contributed by atoms with Gasteiger partial charge in [0.1, 0.15) is 0 Å². The molecule has 0 fully saturated rings. The number of hydrogen-bond acceptors (Lipinski definition) is 3. The summed E-state index contributed by atoms with van der Waals surface area (Å²) in [5.74, 6) is -1.22. The van der Waals surface area contributed by atoms with Crippen LogP contribution in [0.3, 0.4) is 0 Å². The zero-order chi connectivity index (χ0) is 36.8. The number of rotatable bonds is 16. The van der Waals surface area contributed by atoms with Crippen molar-refractivity contribution in [2.24, 2.45) is 0 Å². The standard InChI is InChI=1S/C48H44N2O2S/c1-3-4-5-6-7-10-15-36-20-27-39(28-21-36)44-35-47(40-29-22-38(23-30-40)34-45(49-2)48(51)52)53-46(44)33-26-37-24-31-43(32-25-37)50(41-16-11-8-12-17-41)42-18-13-9-14-19-42/h8-9,11-14,16-35H,3-7,10,15H2,1H3,(H,51,52)/b33-26+,45-34-. The first-order chi connectivity index (χ1) is 26.0. The summed E-state index contributed by atoms with van der Waals surface area (Å²) in [6, 6.07) is 48.5. The Kier molecular flexibility index (Phi) is 12.9. The first-order valence-electron chi connectivity index (χ1n) is 18.4. The van der Waals surface area contributed by atoms with E-state index >= 15 is 0 Å². The first-order valence-corrected chi connectivity index (χ1v) is 19.2. The van der Waals surface area contributed by atoms with Gasteiger partial charge in [0.25, 0.3) is 5.70 Å². The third kappa shape index (κ3) is 9.89. The van der Waals surface area contributed by atoms with E-state index in [9.17, 15) is 9.90 Å². The predicted molar refractivity (Wildman–Crippen MR) is 225 cm³/mol. The van der Waals surface area contributed by atoms with Gasteiger partial charge in [-0.1, -0.05) is 142 Å². The van der Waals surface area contributed by atoms with Crippen LogP contribution in [-0.4, -0.2) is 11.1 Å². The lowest BCUT2D eigenvalue weighted by Gasteiger charge is -2.25. The number of benzene rings is 5. The van der Waals surface area contributed by atoms with Crippen LogP contribution in [0.25, 0.3) is 44.6 Å². The van der Waals surface area contributed by atoms with Crippen molar-refractivity contribution in [1.82, 2.24) is 0 Å². The molecule has 5 aromatic carbocycles. The number of hydrogen-bond donors (Lipinski definition) is 1. The second-order valence-corrected chi connectivity index (χ2v) is 14.2. The Morgan fingerprint density at radius 2 is 1.25 bits per heavy atom. The lowest BCUT2D eigenvalue weighted by Crippen LogP contribution is -2.09. The molecular weight excluding hydrogens is 669 g/mol. The molecule has 0 spiro atoms. The lowest BCUT2D eigenvalue weighted by atomic mass is 10.00. The molecule has 264 valence electrons. The Hall–Kier alpha value is -5.96. The molecule has 0 atom stereocenters. The van der Waals surface area contributed by atoms with Gasteiger partial charge in [0.15, 0.2) is 0 Å². The number of para-hydroxylation sites is 2. The Morgan fingerprint density at radius 1 is 0.679 bits per heavy atom. The zero-order valence-electron chi connectivity index (χ0n) is 30.1. The minimum absolute atomic E-state index is 0.301. The molecule has 0 unspecified atom stereocenters. The minimum Gasteiger partial charge on any atom is -0.486 e. The van der Waals surface area contributed by atoms with Gasteiger partial charge < -0.3 is 10.0 Å². The van der Waals surface area contributed by atoms with Gasteiger partial charge >= 0.3 is 5.97 Å². The molecule has 53 heavy (non-hydrogen) atoms. The van der Waals surface area contributed by atoms with Gasteiger partial charge in [-0.25, -0.2) is 4.85 Å². The molecule has 0 bridgehead atoms. The van der Waals surface area contributed by atoms with Gasteiger partial charge in [0.05, 0.1) is 6.57 Å². The van der Waals surface area contributed by atoms with Gasteiger partial charge in [0.2, 0.25) is 0 Å². The lowest BCUT2D eigenvalue weighted by molar-refractivity contribution is -0.132. The van der Waals surface area contributed by atoms with Gasteiger partial charge in [-0.2, -0.15) is 0 Å². The number of carboxylic acid groups (broad SMARTS) is 1. The molecule has 0 aliphatic carbocycles. The summed E-state index contributed by atoms with van der Waals surface area (Å²) in [5.41, 5.74) is 9.55. The molecule has 0 saturated carbocycles. The fraction of sp³-hybridized carbons (Fsp3) is 0.167. The molecule has 1 N–H and O–H groups in total. The summed E-state index contributed by atoms with van der Waals surface area (Å²) in [6.45, 7) is 9.43. The number of nitrogens with zero attached hydrogens (tertiary/aromatic N) is 2. The summed E-state index contributed by atoms with van der Waals surface area (Å²) >= 11 is 1.73. The van der Waals surface area contributed by atoms with Crippen molar-refractivity contribution in [3.63, 3.8) is 0 Å². The fourth-order valence-corrected chi connectivity index (χ4v) is 7.50. The van der Waals surface area contributed by atoms with Crippen LogP contribution in [0, 0.1) is 6.57 Å². The summed E-state index contributed by atoms with van der Waals surface area (Å²) in [5, 5.41) is 9.28. The van der Waals surface area contributed by atoms with Crippen molar-refractivity contribution >= 4 is 52.6 Å². The average molecular weight is 713 g/mol. The number of aliphatic carboxylic acids is 1. The predicted octanol–water partition coefficient (Wildman–Crippen LogP) is 14.0. The van der Waals surface area contributed by atoms with E-state index in [-0.39, 0.29) is 5.70 Å². The highest BCUT2D eigenvalue weighted by atomic mass is 32.1. The van der Waals surface area contributed by atoms with Gasteiger partial charge in [-0.05, 0) is 95.3 Å². The molecular formula is C48H44N2O2S. The maximum absolute atomic E-state index is 11.4. The van der Waals surface area contributed by atoms with E-state index in [0.29, 0.717) is 5.56 Å². The van der Waals surface area contributed by atoms with Crippen LogP contribution in [-0.2, 0) is 11.2 Å². The second-order valence-electron chi connectivity index (χ2n) is 13.1. The van der Waals surface area contributed by atoms with Crippen LogP contribution in [0.2, 0.25) is 0 Å². The molecule has 6 aromatic rings. The number of thiophene rings is 1.